The Morgan fingerprint density at radius 3 is 2.27 bits per heavy atom. The van der Waals surface area contributed by atoms with Gasteiger partial charge in [0.05, 0.1) is 13.4 Å². The molecule has 2 aliphatic rings. The summed E-state index contributed by atoms with van der Waals surface area (Å²) in [4.78, 5) is 40.5. The fraction of sp³-hybridized carbons (Fsp3) is 0.483. The van der Waals surface area contributed by atoms with Gasteiger partial charge in [-0.1, -0.05) is 12.1 Å². The maximum absolute atomic E-state index is 13.4. The molecular formula is C29H36FN3O6S. The van der Waals surface area contributed by atoms with E-state index < -0.39 is 27.8 Å². The van der Waals surface area contributed by atoms with E-state index in [9.17, 15) is 27.2 Å². The molecule has 1 saturated carbocycles. The predicted octanol–water partition coefficient (Wildman–Crippen LogP) is 2.97. The highest BCUT2D eigenvalue weighted by atomic mass is 32.2. The van der Waals surface area contributed by atoms with Gasteiger partial charge in [0.1, 0.15) is 23.4 Å². The summed E-state index contributed by atoms with van der Waals surface area (Å²) in [7, 11) is -1.73. The molecule has 0 spiro atoms. The van der Waals surface area contributed by atoms with Gasteiger partial charge in [0.15, 0.2) is 0 Å². The first-order valence-corrected chi connectivity index (χ1v) is 15.4. The minimum Gasteiger partial charge on any atom is -0.497 e. The van der Waals surface area contributed by atoms with Crippen molar-refractivity contribution in [1.82, 2.24) is 14.5 Å². The smallest absolute Gasteiger partial charge is 0.251 e. The van der Waals surface area contributed by atoms with Crippen LogP contribution < -0.4 is 10.1 Å². The van der Waals surface area contributed by atoms with Crippen molar-refractivity contribution in [2.45, 2.75) is 44.1 Å². The Hall–Kier alpha value is -3.31. The van der Waals surface area contributed by atoms with Crippen molar-refractivity contribution >= 4 is 27.6 Å². The monoisotopic (exact) mass is 573 g/mol. The van der Waals surface area contributed by atoms with Gasteiger partial charge in [-0.2, -0.15) is 4.31 Å². The van der Waals surface area contributed by atoms with Gasteiger partial charge in [-0.05, 0) is 73.1 Å². The minimum absolute atomic E-state index is 0.124. The van der Waals surface area contributed by atoms with E-state index in [4.69, 9.17) is 4.74 Å². The lowest BCUT2D eigenvalue weighted by molar-refractivity contribution is -0.134. The summed E-state index contributed by atoms with van der Waals surface area (Å²) >= 11 is 0. The molecule has 1 heterocycles. The number of carbonyl (C=O) groups is 3. The zero-order valence-electron chi connectivity index (χ0n) is 22.8. The SMILES string of the molecule is COc1ccc([C@@H]2CC2CC(=O)CCC[C@H](NC(=O)c2ccc(F)cc2)C(=O)N2CCN(S(C)(=O)=O)CC2)cc1. The summed E-state index contributed by atoms with van der Waals surface area (Å²) in [5.41, 5.74) is 1.42. The Bertz CT molecular complexity index is 1310. The van der Waals surface area contributed by atoms with Crippen LogP contribution >= 0.6 is 0 Å². The molecule has 9 nitrogen and oxygen atoms in total. The zero-order chi connectivity index (χ0) is 28.9. The van der Waals surface area contributed by atoms with Gasteiger partial charge < -0.3 is 15.0 Å². The molecule has 1 unspecified atom stereocenters. The van der Waals surface area contributed by atoms with Crippen LogP contribution in [0.1, 0.15) is 53.9 Å². The second kappa shape index (κ2) is 12.9. The number of methoxy groups -OCH3 is 1. The van der Waals surface area contributed by atoms with E-state index in [0.29, 0.717) is 31.1 Å². The molecule has 2 fully saturated rings. The number of Topliss-reactive ketones (excluding diaryl/α,β-unsaturated/α-hetero) is 1. The van der Waals surface area contributed by atoms with Gasteiger partial charge >= 0.3 is 0 Å². The van der Waals surface area contributed by atoms with Crippen molar-refractivity contribution < 1.29 is 31.9 Å². The van der Waals surface area contributed by atoms with Crippen molar-refractivity contribution in [2.75, 3.05) is 39.5 Å². The first-order chi connectivity index (χ1) is 19.0. The first kappa shape index (κ1) is 29.7. The van der Waals surface area contributed by atoms with E-state index >= 15 is 0 Å². The number of hydrogen-bond acceptors (Lipinski definition) is 6. The van der Waals surface area contributed by atoms with Gasteiger partial charge in [-0.3, -0.25) is 14.4 Å². The Balaban J connectivity index is 1.31. The fourth-order valence-electron chi connectivity index (χ4n) is 5.19. The average Bonchev–Trinajstić information content (AvgIpc) is 3.70. The number of nitrogens with zero attached hydrogens (tertiary/aromatic N) is 2. The third-order valence-corrected chi connectivity index (χ3v) is 8.94. The van der Waals surface area contributed by atoms with Gasteiger partial charge in [-0.25, -0.2) is 12.8 Å². The van der Waals surface area contributed by atoms with Gasteiger partial charge in [0.2, 0.25) is 15.9 Å². The molecular weight excluding hydrogens is 537 g/mol. The predicted molar refractivity (Wildman–Crippen MR) is 148 cm³/mol. The molecule has 3 atom stereocenters. The van der Waals surface area contributed by atoms with Gasteiger partial charge in [-0.15, -0.1) is 0 Å². The van der Waals surface area contributed by atoms with Crippen molar-refractivity contribution in [3.8, 4) is 5.75 Å². The average molecular weight is 574 g/mol. The van der Waals surface area contributed by atoms with Crippen molar-refractivity contribution in [3.63, 3.8) is 0 Å². The molecule has 4 rings (SSSR count). The zero-order valence-corrected chi connectivity index (χ0v) is 23.7. The highest BCUT2D eigenvalue weighted by Gasteiger charge is 2.39. The number of piperazine rings is 1. The summed E-state index contributed by atoms with van der Waals surface area (Å²) in [5, 5.41) is 2.75. The van der Waals surface area contributed by atoms with Crippen LogP contribution in [0.2, 0.25) is 0 Å². The molecule has 1 aliphatic carbocycles. The number of ketones is 1. The molecule has 0 bridgehead atoms. The molecule has 1 aliphatic heterocycles. The molecule has 1 N–H and O–H groups in total. The number of hydrogen-bond donors (Lipinski definition) is 1. The van der Waals surface area contributed by atoms with Crippen LogP contribution in [0.25, 0.3) is 0 Å². The molecule has 0 aromatic heterocycles. The summed E-state index contributed by atoms with van der Waals surface area (Å²) in [5.74, 6) is 0.283. The Morgan fingerprint density at radius 2 is 1.68 bits per heavy atom. The van der Waals surface area contributed by atoms with Crippen LogP contribution in [0.4, 0.5) is 4.39 Å². The Labute approximate surface area is 234 Å². The van der Waals surface area contributed by atoms with E-state index in [0.717, 1.165) is 18.4 Å². The summed E-state index contributed by atoms with van der Waals surface area (Å²) < 4.78 is 43.5. The van der Waals surface area contributed by atoms with Crippen LogP contribution in [0.15, 0.2) is 48.5 Å². The number of sulfonamides is 1. The topological polar surface area (TPSA) is 113 Å². The van der Waals surface area contributed by atoms with Crippen molar-refractivity contribution in [3.05, 3.63) is 65.5 Å². The number of rotatable bonds is 12. The van der Waals surface area contributed by atoms with Crippen LogP contribution in [0.3, 0.4) is 0 Å². The molecule has 40 heavy (non-hydrogen) atoms. The summed E-state index contributed by atoms with van der Waals surface area (Å²) in [6.07, 6.45) is 3.55. The van der Waals surface area contributed by atoms with Crippen LogP contribution in [-0.4, -0.2) is 80.8 Å². The summed E-state index contributed by atoms with van der Waals surface area (Å²) in [6, 6.07) is 12.1. The molecule has 2 aromatic rings. The third-order valence-electron chi connectivity index (χ3n) is 7.63. The standard InChI is InChI=1S/C29H36FN3O6S/c1-39-25-12-8-20(9-13-25)26-19-22(26)18-24(34)4-3-5-27(31-28(35)21-6-10-23(30)11-7-21)29(36)32-14-16-33(17-15-32)40(2,37)38/h6-13,22,26-27H,3-5,14-19H2,1-2H3,(H,31,35)/t22?,26-,27-/m0/s1. The van der Waals surface area contributed by atoms with Crippen LogP contribution in [0, 0.1) is 11.7 Å². The van der Waals surface area contributed by atoms with Crippen molar-refractivity contribution in [2.24, 2.45) is 5.92 Å². The highest BCUT2D eigenvalue weighted by Crippen LogP contribution is 2.50. The number of amides is 2. The third kappa shape index (κ3) is 7.88. The quantitative estimate of drug-likeness (QED) is 0.418. The lowest BCUT2D eigenvalue weighted by atomic mass is 10.0. The Kier molecular flexibility index (Phi) is 9.57. The number of halogens is 1. The highest BCUT2D eigenvalue weighted by molar-refractivity contribution is 7.88. The lowest BCUT2D eigenvalue weighted by Crippen LogP contribution is -2.55. The normalized spacial score (nSPS) is 20.0. The molecule has 2 amide bonds. The second-order valence-electron chi connectivity index (χ2n) is 10.5. The van der Waals surface area contributed by atoms with Gasteiger partial charge in [0.25, 0.3) is 5.91 Å². The number of ether oxygens (including phenoxy) is 1. The Morgan fingerprint density at radius 1 is 1.02 bits per heavy atom. The largest absolute Gasteiger partial charge is 0.497 e. The van der Waals surface area contributed by atoms with Crippen molar-refractivity contribution in [1.29, 1.82) is 0 Å². The second-order valence-corrected chi connectivity index (χ2v) is 12.5. The maximum atomic E-state index is 13.4. The number of carbonyl (C=O) groups excluding carboxylic acids is 3. The first-order valence-electron chi connectivity index (χ1n) is 13.5. The lowest BCUT2D eigenvalue weighted by Gasteiger charge is -2.35. The molecule has 0 radical (unpaired) electrons. The minimum atomic E-state index is -3.36. The number of benzene rings is 2. The van der Waals surface area contributed by atoms with Crippen LogP contribution in [-0.2, 0) is 19.6 Å². The van der Waals surface area contributed by atoms with E-state index in [1.807, 2.05) is 24.3 Å². The van der Waals surface area contributed by atoms with E-state index in [2.05, 4.69) is 5.32 Å². The van der Waals surface area contributed by atoms with E-state index in [1.165, 1.54) is 34.1 Å². The molecule has 2 aromatic carbocycles. The van der Waals surface area contributed by atoms with Gasteiger partial charge in [0, 0.05) is 44.6 Å². The fourth-order valence-corrected chi connectivity index (χ4v) is 6.02. The molecule has 11 heteroatoms. The van der Waals surface area contributed by atoms with E-state index in [1.54, 1.807) is 12.0 Å². The number of nitrogens with one attached hydrogen (secondary N) is 1. The van der Waals surface area contributed by atoms with Crippen LogP contribution in [0.5, 0.6) is 5.75 Å². The molecule has 1 saturated heterocycles. The molecule has 216 valence electrons. The summed E-state index contributed by atoms with van der Waals surface area (Å²) in [6.45, 7) is 0.779. The maximum Gasteiger partial charge on any atom is 0.251 e. The van der Waals surface area contributed by atoms with E-state index in [-0.39, 0.29) is 49.9 Å².